The molecule has 0 aromatic heterocycles. The van der Waals surface area contributed by atoms with Crippen LogP contribution in [0.25, 0.3) is 0 Å². The first-order valence-corrected chi connectivity index (χ1v) is 5.15. The lowest BCUT2D eigenvalue weighted by Crippen LogP contribution is -1.72. The number of hydrogen-bond donors (Lipinski definition) is 2. The van der Waals surface area contributed by atoms with Crippen molar-refractivity contribution in [3.63, 3.8) is 0 Å². The van der Waals surface area contributed by atoms with Crippen molar-refractivity contribution < 1.29 is 10.2 Å². The standard InChI is InChI=1S/C13H12N2O2/c1-9-8-11(4-7-13(9)17)15-14-10-2-5-12(16)6-3-10/h2-8,16-17H,1H3. The van der Waals surface area contributed by atoms with Crippen LogP contribution in [0.3, 0.4) is 0 Å². The van der Waals surface area contributed by atoms with Crippen LogP contribution in [-0.2, 0) is 0 Å². The predicted molar refractivity (Wildman–Crippen MR) is 65.1 cm³/mol. The van der Waals surface area contributed by atoms with Crippen LogP contribution in [0.4, 0.5) is 11.4 Å². The fraction of sp³-hybridized carbons (Fsp3) is 0.0769. The zero-order chi connectivity index (χ0) is 12.3. The molecule has 0 aliphatic rings. The van der Waals surface area contributed by atoms with Gasteiger partial charge in [-0.15, -0.1) is 0 Å². The molecule has 17 heavy (non-hydrogen) atoms. The highest BCUT2D eigenvalue weighted by atomic mass is 16.3. The minimum atomic E-state index is 0.199. The van der Waals surface area contributed by atoms with Crippen LogP contribution in [-0.4, -0.2) is 10.2 Å². The number of hydrogen-bond acceptors (Lipinski definition) is 4. The zero-order valence-electron chi connectivity index (χ0n) is 9.33. The Morgan fingerprint density at radius 2 is 1.41 bits per heavy atom. The van der Waals surface area contributed by atoms with Crippen molar-refractivity contribution in [1.82, 2.24) is 0 Å². The zero-order valence-corrected chi connectivity index (χ0v) is 9.33. The lowest BCUT2D eigenvalue weighted by molar-refractivity contribution is 0.471. The number of benzene rings is 2. The van der Waals surface area contributed by atoms with Gasteiger partial charge in [0.05, 0.1) is 11.4 Å². The van der Waals surface area contributed by atoms with Gasteiger partial charge in [-0.25, -0.2) is 0 Å². The molecule has 0 bridgehead atoms. The van der Waals surface area contributed by atoms with Crippen molar-refractivity contribution in [3.05, 3.63) is 48.0 Å². The molecule has 0 aliphatic carbocycles. The third kappa shape index (κ3) is 2.81. The number of phenolic OH excluding ortho intramolecular Hbond substituents is 2. The van der Waals surface area contributed by atoms with E-state index >= 15 is 0 Å². The van der Waals surface area contributed by atoms with E-state index in [0.29, 0.717) is 11.4 Å². The van der Waals surface area contributed by atoms with Gasteiger partial charge in [0, 0.05) is 0 Å². The molecule has 0 fully saturated rings. The van der Waals surface area contributed by atoms with Gasteiger partial charge in [-0.05, 0) is 55.0 Å². The quantitative estimate of drug-likeness (QED) is 0.767. The summed E-state index contributed by atoms with van der Waals surface area (Å²) < 4.78 is 0. The second kappa shape index (κ2) is 4.65. The normalized spacial score (nSPS) is 10.9. The van der Waals surface area contributed by atoms with Crippen molar-refractivity contribution in [2.75, 3.05) is 0 Å². The minimum absolute atomic E-state index is 0.199. The summed E-state index contributed by atoms with van der Waals surface area (Å²) in [6.45, 7) is 1.80. The van der Waals surface area contributed by atoms with E-state index in [1.165, 1.54) is 0 Å². The van der Waals surface area contributed by atoms with Crippen LogP contribution in [0.5, 0.6) is 11.5 Å². The average Bonchev–Trinajstić information content (AvgIpc) is 2.33. The number of azo groups is 1. The van der Waals surface area contributed by atoms with Crippen molar-refractivity contribution in [2.45, 2.75) is 6.92 Å². The summed E-state index contributed by atoms with van der Waals surface area (Å²) in [5, 5.41) is 26.5. The van der Waals surface area contributed by atoms with Gasteiger partial charge in [0.2, 0.25) is 0 Å². The van der Waals surface area contributed by atoms with Crippen LogP contribution in [0.1, 0.15) is 5.56 Å². The second-order valence-corrected chi connectivity index (χ2v) is 3.69. The Morgan fingerprint density at radius 1 is 0.824 bits per heavy atom. The second-order valence-electron chi connectivity index (χ2n) is 3.69. The van der Waals surface area contributed by atoms with Gasteiger partial charge in [-0.3, -0.25) is 0 Å². The highest BCUT2D eigenvalue weighted by Crippen LogP contribution is 2.24. The van der Waals surface area contributed by atoms with Crippen molar-refractivity contribution >= 4 is 11.4 Å². The van der Waals surface area contributed by atoms with Crippen LogP contribution in [0.2, 0.25) is 0 Å². The molecule has 86 valence electrons. The van der Waals surface area contributed by atoms with Gasteiger partial charge >= 0.3 is 0 Å². The van der Waals surface area contributed by atoms with Crippen LogP contribution in [0, 0.1) is 6.92 Å². The average molecular weight is 228 g/mol. The van der Waals surface area contributed by atoms with E-state index in [1.54, 1.807) is 49.4 Å². The fourth-order valence-electron chi connectivity index (χ4n) is 1.34. The molecule has 0 saturated carbocycles. The molecule has 0 unspecified atom stereocenters. The maximum atomic E-state index is 9.36. The van der Waals surface area contributed by atoms with E-state index < -0.39 is 0 Å². The molecule has 4 nitrogen and oxygen atoms in total. The van der Waals surface area contributed by atoms with Crippen LogP contribution in [0.15, 0.2) is 52.7 Å². The van der Waals surface area contributed by atoms with Gasteiger partial charge in [-0.2, -0.15) is 10.2 Å². The van der Waals surface area contributed by atoms with Gasteiger partial charge in [0.15, 0.2) is 0 Å². The summed E-state index contributed by atoms with van der Waals surface area (Å²) in [7, 11) is 0. The lowest BCUT2D eigenvalue weighted by atomic mass is 10.2. The van der Waals surface area contributed by atoms with E-state index in [2.05, 4.69) is 10.2 Å². The molecule has 0 radical (unpaired) electrons. The van der Waals surface area contributed by atoms with Gasteiger partial charge in [0.1, 0.15) is 11.5 Å². The minimum Gasteiger partial charge on any atom is -0.508 e. The molecule has 2 aromatic rings. The summed E-state index contributed by atoms with van der Waals surface area (Å²) >= 11 is 0. The molecule has 0 saturated heterocycles. The number of aromatic hydroxyl groups is 2. The van der Waals surface area contributed by atoms with Gasteiger partial charge in [0.25, 0.3) is 0 Å². The largest absolute Gasteiger partial charge is 0.508 e. The highest BCUT2D eigenvalue weighted by molar-refractivity contribution is 5.47. The van der Waals surface area contributed by atoms with Crippen molar-refractivity contribution in [2.24, 2.45) is 10.2 Å². The van der Waals surface area contributed by atoms with Crippen molar-refractivity contribution in [1.29, 1.82) is 0 Å². The molecule has 2 N–H and O–H groups in total. The molecule has 0 amide bonds. The third-order valence-corrected chi connectivity index (χ3v) is 2.31. The molecule has 0 heterocycles. The Labute approximate surface area is 98.9 Å². The number of nitrogens with zero attached hydrogens (tertiary/aromatic N) is 2. The Balaban J connectivity index is 2.20. The Bertz CT molecular complexity index is 548. The van der Waals surface area contributed by atoms with E-state index in [4.69, 9.17) is 5.11 Å². The van der Waals surface area contributed by atoms with E-state index in [0.717, 1.165) is 5.56 Å². The summed E-state index contributed by atoms with van der Waals surface area (Å²) in [6.07, 6.45) is 0. The Hall–Kier alpha value is -2.36. The molecule has 2 aromatic carbocycles. The summed E-state index contributed by atoms with van der Waals surface area (Å²) in [5.74, 6) is 0.443. The first-order valence-electron chi connectivity index (χ1n) is 5.15. The highest BCUT2D eigenvalue weighted by Gasteiger charge is 1.96. The first kappa shape index (κ1) is 11.1. The maximum absolute atomic E-state index is 9.36. The predicted octanol–water partition coefficient (Wildman–Crippen LogP) is 3.82. The lowest BCUT2D eigenvalue weighted by Gasteiger charge is -1.98. The number of phenols is 2. The van der Waals surface area contributed by atoms with Crippen molar-refractivity contribution in [3.8, 4) is 11.5 Å². The molecule has 2 rings (SSSR count). The summed E-state index contributed by atoms with van der Waals surface area (Å²) in [5.41, 5.74) is 2.09. The Morgan fingerprint density at radius 3 is 2.06 bits per heavy atom. The SMILES string of the molecule is Cc1cc(N=Nc2ccc(O)cc2)ccc1O. The maximum Gasteiger partial charge on any atom is 0.118 e. The van der Waals surface area contributed by atoms with Crippen LogP contribution >= 0.6 is 0 Å². The molecule has 4 heteroatoms. The van der Waals surface area contributed by atoms with E-state index in [9.17, 15) is 5.11 Å². The third-order valence-electron chi connectivity index (χ3n) is 2.31. The van der Waals surface area contributed by atoms with E-state index in [1.807, 2.05) is 0 Å². The molecule has 0 spiro atoms. The fourth-order valence-corrected chi connectivity index (χ4v) is 1.34. The molecular formula is C13H12N2O2. The monoisotopic (exact) mass is 228 g/mol. The smallest absolute Gasteiger partial charge is 0.118 e. The summed E-state index contributed by atoms with van der Waals surface area (Å²) in [6, 6.07) is 11.5. The number of aryl methyl sites for hydroxylation is 1. The topological polar surface area (TPSA) is 65.2 Å². The first-order chi connectivity index (χ1) is 8.15. The van der Waals surface area contributed by atoms with E-state index in [-0.39, 0.29) is 11.5 Å². The summed E-state index contributed by atoms with van der Waals surface area (Å²) in [4.78, 5) is 0. The van der Waals surface area contributed by atoms with Crippen LogP contribution < -0.4 is 0 Å². The molecular weight excluding hydrogens is 216 g/mol. The van der Waals surface area contributed by atoms with Gasteiger partial charge in [-0.1, -0.05) is 0 Å². The van der Waals surface area contributed by atoms with Gasteiger partial charge < -0.3 is 10.2 Å². The number of rotatable bonds is 2. The Kier molecular flexibility index (Phi) is 3.05. The molecule has 0 aliphatic heterocycles. The molecule has 0 atom stereocenters.